The summed E-state index contributed by atoms with van der Waals surface area (Å²) in [6.07, 6.45) is 3.58. The topological polar surface area (TPSA) is 37.4 Å². The van der Waals surface area contributed by atoms with Crippen molar-refractivity contribution < 1.29 is 4.74 Å². The van der Waals surface area contributed by atoms with Crippen LogP contribution in [0.3, 0.4) is 0 Å². The molecule has 1 saturated carbocycles. The number of aryl methyl sites for hydroxylation is 1. The zero-order chi connectivity index (χ0) is 13.7. The third kappa shape index (κ3) is 5.17. The standard InChI is InChI=1S/C15H25N3O/c1-4-13-9-12(11-16-14-5-6-14)10-15(17-13)19-8-7-18(2)3/h9-10,14,16H,4-8,11H2,1-3H3. The highest BCUT2D eigenvalue weighted by Gasteiger charge is 2.20. The Morgan fingerprint density at radius 1 is 1.37 bits per heavy atom. The number of ether oxygens (including phenoxy) is 1. The molecule has 1 heterocycles. The molecule has 4 nitrogen and oxygen atoms in total. The van der Waals surface area contributed by atoms with Crippen molar-refractivity contribution >= 4 is 0 Å². The van der Waals surface area contributed by atoms with Crippen molar-refractivity contribution in [2.75, 3.05) is 27.2 Å². The minimum absolute atomic E-state index is 0.683. The van der Waals surface area contributed by atoms with Crippen molar-refractivity contribution in [2.24, 2.45) is 0 Å². The number of hydrogen-bond donors (Lipinski definition) is 1. The van der Waals surface area contributed by atoms with E-state index in [0.717, 1.165) is 37.1 Å². The Bertz CT molecular complexity index is 402. The van der Waals surface area contributed by atoms with E-state index in [1.165, 1.54) is 18.4 Å². The van der Waals surface area contributed by atoms with Crippen LogP contribution in [0.2, 0.25) is 0 Å². The van der Waals surface area contributed by atoms with E-state index in [9.17, 15) is 0 Å². The Labute approximate surface area is 116 Å². The minimum atomic E-state index is 0.683. The van der Waals surface area contributed by atoms with Crippen molar-refractivity contribution in [3.8, 4) is 5.88 Å². The van der Waals surface area contributed by atoms with Crippen LogP contribution in [0.5, 0.6) is 5.88 Å². The second-order valence-electron chi connectivity index (χ2n) is 5.47. The van der Waals surface area contributed by atoms with Crippen LogP contribution in [0.1, 0.15) is 31.0 Å². The molecule has 0 unspecified atom stereocenters. The summed E-state index contributed by atoms with van der Waals surface area (Å²) in [5, 5.41) is 3.53. The van der Waals surface area contributed by atoms with Crippen molar-refractivity contribution in [1.29, 1.82) is 0 Å². The van der Waals surface area contributed by atoms with Gasteiger partial charge in [-0.05, 0) is 45.0 Å². The Balaban J connectivity index is 1.93. The molecule has 1 aromatic heterocycles. The van der Waals surface area contributed by atoms with E-state index < -0.39 is 0 Å². The van der Waals surface area contributed by atoms with Crippen LogP contribution in [-0.2, 0) is 13.0 Å². The average molecular weight is 263 g/mol. The molecule has 106 valence electrons. The van der Waals surface area contributed by atoms with Crippen LogP contribution in [0.25, 0.3) is 0 Å². The lowest BCUT2D eigenvalue weighted by molar-refractivity contribution is 0.253. The molecule has 0 aromatic carbocycles. The first-order chi connectivity index (χ1) is 9.17. The van der Waals surface area contributed by atoms with Crippen LogP contribution in [-0.4, -0.2) is 43.2 Å². The number of hydrogen-bond acceptors (Lipinski definition) is 4. The van der Waals surface area contributed by atoms with Crippen molar-refractivity contribution in [2.45, 2.75) is 38.8 Å². The fraction of sp³-hybridized carbons (Fsp3) is 0.667. The first-order valence-corrected chi connectivity index (χ1v) is 7.18. The highest BCUT2D eigenvalue weighted by Crippen LogP contribution is 2.20. The lowest BCUT2D eigenvalue weighted by atomic mass is 10.2. The summed E-state index contributed by atoms with van der Waals surface area (Å²) in [6.45, 7) is 4.64. The average Bonchev–Trinajstić information content (AvgIpc) is 3.19. The lowest BCUT2D eigenvalue weighted by Crippen LogP contribution is -2.20. The summed E-state index contributed by atoms with van der Waals surface area (Å²) in [5.74, 6) is 0.758. The molecule has 1 N–H and O–H groups in total. The number of nitrogens with zero attached hydrogens (tertiary/aromatic N) is 2. The van der Waals surface area contributed by atoms with Crippen LogP contribution in [0.15, 0.2) is 12.1 Å². The molecule has 0 aliphatic heterocycles. The van der Waals surface area contributed by atoms with Gasteiger partial charge in [0.2, 0.25) is 5.88 Å². The van der Waals surface area contributed by atoms with Gasteiger partial charge in [0.15, 0.2) is 0 Å². The summed E-state index contributed by atoms with van der Waals surface area (Å²) in [4.78, 5) is 6.63. The van der Waals surface area contributed by atoms with Crippen molar-refractivity contribution in [1.82, 2.24) is 15.2 Å². The van der Waals surface area contributed by atoms with E-state index in [4.69, 9.17) is 4.74 Å². The Hall–Kier alpha value is -1.13. The molecule has 19 heavy (non-hydrogen) atoms. The molecule has 1 aliphatic carbocycles. The van der Waals surface area contributed by atoms with Gasteiger partial charge in [-0.25, -0.2) is 4.98 Å². The number of pyridine rings is 1. The molecule has 0 saturated heterocycles. The van der Waals surface area contributed by atoms with Crippen molar-refractivity contribution in [3.63, 3.8) is 0 Å². The second-order valence-corrected chi connectivity index (χ2v) is 5.47. The van der Waals surface area contributed by atoms with Gasteiger partial charge in [-0.1, -0.05) is 6.92 Å². The quantitative estimate of drug-likeness (QED) is 0.776. The number of likely N-dealkylation sites (N-methyl/N-ethyl adjacent to an activating group) is 1. The third-order valence-electron chi connectivity index (χ3n) is 3.24. The van der Waals surface area contributed by atoms with Gasteiger partial charge in [0.25, 0.3) is 0 Å². The van der Waals surface area contributed by atoms with E-state index in [0.29, 0.717) is 6.61 Å². The number of rotatable bonds is 8. The number of nitrogens with one attached hydrogen (secondary N) is 1. The molecule has 0 bridgehead atoms. The Kier molecular flexibility index (Phi) is 5.16. The second kappa shape index (κ2) is 6.87. The maximum Gasteiger partial charge on any atom is 0.213 e. The molecular formula is C15H25N3O. The fourth-order valence-electron chi connectivity index (χ4n) is 1.86. The maximum absolute atomic E-state index is 5.74. The fourth-order valence-corrected chi connectivity index (χ4v) is 1.86. The Morgan fingerprint density at radius 2 is 2.16 bits per heavy atom. The van der Waals surface area contributed by atoms with Gasteiger partial charge < -0.3 is 15.0 Å². The predicted molar refractivity (Wildman–Crippen MR) is 77.5 cm³/mol. The smallest absolute Gasteiger partial charge is 0.213 e. The first kappa shape index (κ1) is 14.3. The van der Waals surface area contributed by atoms with Gasteiger partial charge in [0, 0.05) is 30.9 Å². The third-order valence-corrected chi connectivity index (χ3v) is 3.24. The van der Waals surface area contributed by atoms with Gasteiger partial charge in [0.1, 0.15) is 6.61 Å². The molecule has 4 heteroatoms. The van der Waals surface area contributed by atoms with Crippen LogP contribution in [0, 0.1) is 0 Å². The van der Waals surface area contributed by atoms with E-state index in [1.54, 1.807) is 0 Å². The van der Waals surface area contributed by atoms with Crippen LogP contribution < -0.4 is 10.1 Å². The summed E-state index contributed by atoms with van der Waals surface area (Å²) >= 11 is 0. The molecule has 1 aromatic rings. The summed E-state index contributed by atoms with van der Waals surface area (Å²) in [6, 6.07) is 4.97. The van der Waals surface area contributed by atoms with E-state index in [-0.39, 0.29) is 0 Å². The molecule has 2 rings (SSSR count). The summed E-state index contributed by atoms with van der Waals surface area (Å²) in [5.41, 5.74) is 2.38. The predicted octanol–water partition coefficient (Wildman–Crippen LogP) is 1.84. The maximum atomic E-state index is 5.74. The molecule has 0 amide bonds. The highest BCUT2D eigenvalue weighted by molar-refractivity contribution is 5.25. The van der Waals surface area contributed by atoms with Gasteiger partial charge in [-0.15, -0.1) is 0 Å². The zero-order valence-corrected chi connectivity index (χ0v) is 12.3. The highest BCUT2D eigenvalue weighted by atomic mass is 16.5. The first-order valence-electron chi connectivity index (χ1n) is 7.18. The molecular weight excluding hydrogens is 238 g/mol. The Morgan fingerprint density at radius 3 is 2.79 bits per heavy atom. The van der Waals surface area contributed by atoms with Crippen LogP contribution in [0.4, 0.5) is 0 Å². The van der Waals surface area contributed by atoms with Gasteiger partial charge in [-0.2, -0.15) is 0 Å². The zero-order valence-electron chi connectivity index (χ0n) is 12.3. The van der Waals surface area contributed by atoms with Gasteiger partial charge in [0.05, 0.1) is 0 Å². The van der Waals surface area contributed by atoms with E-state index in [2.05, 4.69) is 34.3 Å². The largest absolute Gasteiger partial charge is 0.476 e. The van der Waals surface area contributed by atoms with E-state index in [1.807, 2.05) is 14.1 Å². The molecule has 0 spiro atoms. The van der Waals surface area contributed by atoms with Crippen LogP contribution >= 0.6 is 0 Å². The molecule has 1 aliphatic rings. The van der Waals surface area contributed by atoms with E-state index >= 15 is 0 Å². The van der Waals surface area contributed by atoms with Crippen molar-refractivity contribution in [3.05, 3.63) is 23.4 Å². The monoisotopic (exact) mass is 263 g/mol. The lowest BCUT2D eigenvalue weighted by Gasteiger charge is -2.12. The summed E-state index contributed by atoms with van der Waals surface area (Å²) < 4.78 is 5.74. The minimum Gasteiger partial charge on any atom is -0.476 e. The molecule has 0 atom stereocenters. The normalized spacial score (nSPS) is 14.9. The number of aromatic nitrogens is 1. The van der Waals surface area contributed by atoms with Gasteiger partial charge in [-0.3, -0.25) is 0 Å². The van der Waals surface area contributed by atoms with Gasteiger partial charge >= 0.3 is 0 Å². The summed E-state index contributed by atoms with van der Waals surface area (Å²) in [7, 11) is 4.09. The molecule has 0 radical (unpaired) electrons. The SMILES string of the molecule is CCc1cc(CNC2CC2)cc(OCCN(C)C)n1. The molecule has 1 fully saturated rings.